The summed E-state index contributed by atoms with van der Waals surface area (Å²) in [5.41, 5.74) is 1.62. The van der Waals surface area contributed by atoms with Crippen LogP contribution in [0, 0.1) is 0 Å². The lowest BCUT2D eigenvalue weighted by molar-refractivity contribution is 0.0940. The molecule has 2 heterocycles. The van der Waals surface area contributed by atoms with Crippen molar-refractivity contribution in [3.63, 3.8) is 0 Å². The summed E-state index contributed by atoms with van der Waals surface area (Å²) in [6.07, 6.45) is 6.86. The maximum absolute atomic E-state index is 12.2. The number of nitrogens with one attached hydrogen (secondary N) is 1. The summed E-state index contributed by atoms with van der Waals surface area (Å²) >= 11 is 0. The van der Waals surface area contributed by atoms with Gasteiger partial charge in [-0.3, -0.25) is 4.79 Å². The first kappa shape index (κ1) is 15.6. The minimum absolute atomic E-state index is 0.228. The highest BCUT2D eigenvalue weighted by Gasteiger charge is 2.28. The van der Waals surface area contributed by atoms with Crippen LogP contribution in [0.3, 0.4) is 0 Å². The fraction of sp³-hybridized carbons (Fsp3) is 0.316. The van der Waals surface area contributed by atoms with E-state index in [0.717, 1.165) is 37.4 Å². The molecule has 0 saturated heterocycles. The van der Waals surface area contributed by atoms with Crippen LogP contribution < -0.4 is 5.32 Å². The number of rotatable bonds is 7. The van der Waals surface area contributed by atoms with E-state index in [1.165, 1.54) is 5.56 Å². The van der Waals surface area contributed by atoms with E-state index in [0.29, 0.717) is 18.2 Å². The smallest absolute Gasteiger partial charge is 0.273 e. The van der Waals surface area contributed by atoms with Gasteiger partial charge in [-0.15, -0.1) is 0 Å². The number of benzene rings is 1. The molecule has 2 aromatic heterocycles. The molecule has 128 valence electrons. The molecule has 1 aliphatic carbocycles. The molecule has 0 radical (unpaired) electrons. The monoisotopic (exact) mass is 336 g/mol. The van der Waals surface area contributed by atoms with Gasteiger partial charge in [0, 0.05) is 30.9 Å². The van der Waals surface area contributed by atoms with Crippen LogP contribution in [-0.4, -0.2) is 20.6 Å². The van der Waals surface area contributed by atoms with Crippen molar-refractivity contribution in [3.8, 4) is 0 Å². The minimum Gasteiger partial charge on any atom is -0.360 e. The van der Waals surface area contributed by atoms with Crippen molar-refractivity contribution in [1.82, 2.24) is 20.0 Å². The summed E-state index contributed by atoms with van der Waals surface area (Å²) in [5.74, 6) is 1.86. The van der Waals surface area contributed by atoms with Gasteiger partial charge in [0.2, 0.25) is 0 Å². The topological polar surface area (TPSA) is 73.0 Å². The third kappa shape index (κ3) is 3.79. The normalized spacial score (nSPS) is 13.8. The van der Waals surface area contributed by atoms with Gasteiger partial charge < -0.3 is 14.4 Å². The predicted molar refractivity (Wildman–Crippen MR) is 92.0 cm³/mol. The largest absolute Gasteiger partial charge is 0.360 e. The Balaban J connectivity index is 1.33. The lowest BCUT2D eigenvalue weighted by Gasteiger charge is -2.08. The van der Waals surface area contributed by atoms with Crippen molar-refractivity contribution in [3.05, 3.63) is 71.6 Å². The highest BCUT2D eigenvalue weighted by molar-refractivity contribution is 5.92. The van der Waals surface area contributed by atoms with E-state index in [4.69, 9.17) is 4.52 Å². The molecule has 1 amide bonds. The highest BCUT2D eigenvalue weighted by Crippen LogP contribution is 2.40. The van der Waals surface area contributed by atoms with Crippen molar-refractivity contribution in [2.24, 2.45) is 0 Å². The van der Waals surface area contributed by atoms with Gasteiger partial charge in [-0.25, -0.2) is 4.98 Å². The van der Waals surface area contributed by atoms with Gasteiger partial charge in [0.05, 0.1) is 6.54 Å². The number of hydrogen-bond acceptors (Lipinski definition) is 4. The molecule has 0 aliphatic heterocycles. The van der Waals surface area contributed by atoms with Crippen LogP contribution in [0.4, 0.5) is 0 Å². The van der Waals surface area contributed by atoms with E-state index >= 15 is 0 Å². The summed E-state index contributed by atoms with van der Waals surface area (Å²) in [7, 11) is 0. The third-order valence-corrected chi connectivity index (χ3v) is 4.43. The van der Waals surface area contributed by atoms with Gasteiger partial charge in [-0.1, -0.05) is 35.5 Å². The second-order valence-corrected chi connectivity index (χ2v) is 6.34. The van der Waals surface area contributed by atoms with Gasteiger partial charge in [-0.2, -0.15) is 0 Å². The van der Waals surface area contributed by atoms with Crippen molar-refractivity contribution in [2.45, 2.75) is 38.3 Å². The molecule has 4 rings (SSSR count). The van der Waals surface area contributed by atoms with E-state index in [2.05, 4.69) is 32.2 Å². The molecule has 3 aromatic rings. The number of amides is 1. The number of hydrogen-bond donors (Lipinski definition) is 1. The molecule has 25 heavy (non-hydrogen) atoms. The summed E-state index contributed by atoms with van der Waals surface area (Å²) in [5, 5.41) is 6.73. The molecule has 0 bridgehead atoms. The summed E-state index contributed by atoms with van der Waals surface area (Å²) in [4.78, 5) is 16.6. The second-order valence-electron chi connectivity index (χ2n) is 6.34. The fourth-order valence-electron chi connectivity index (χ4n) is 2.81. The van der Waals surface area contributed by atoms with Crippen molar-refractivity contribution >= 4 is 5.91 Å². The standard InChI is InChI=1S/C19H20N4O2/c24-19(16-12-17(25-22-16)15-6-7-15)21-13-18-20-9-11-23(18)10-8-14-4-2-1-3-5-14/h1-5,9,11-12,15H,6-8,10,13H2,(H,21,24). The Morgan fingerprint density at radius 3 is 2.92 bits per heavy atom. The Morgan fingerprint density at radius 2 is 2.12 bits per heavy atom. The van der Waals surface area contributed by atoms with Crippen LogP contribution in [0.25, 0.3) is 0 Å². The first-order valence-corrected chi connectivity index (χ1v) is 8.58. The quantitative estimate of drug-likeness (QED) is 0.720. The zero-order chi connectivity index (χ0) is 17.1. The molecular formula is C19H20N4O2. The first-order valence-electron chi connectivity index (χ1n) is 8.58. The lowest BCUT2D eigenvalue weighted by atomic mass is 10.1. The predicted octanol–water partition coefficient (Wildman–Crippen LogP) is 2.92. The zero-order valence-electron chi connectivity index (χ0n) is 13.9. The van der Waals surface area contributed by atoms with E-state index in [9.17, 15) is 4.79 Å². The Morgan fingerprint density at radius 1 is 1.28 bits per heavy atom. The van der Waals surface area contributed by atoms with E-state index in [1.54, 1.807) is 12.3 Å². The molecule has 1 aromatic carbocycles. The Kier molecular flexibility index (Phi) is 4.33. The second kappa shape index (κ2) is 6.93. The summed E-state index contributed by atoms with van der Waals surface area (Å²) in [6.45, 7) is 1.19. The average Bonchev–Trinajstić information content (AvgIpc) is 3.20. The number of aryl methyl sites for hydroxylation is 2. The maximum Gasteiger partial charge on any atom is 0.273 e. The first-order chi connectivity index (χ1) is 12.3. The van der Waals surface area contributed by atoms with Crippen molar-refractivity contribution in [1.29, 1.82) is 0 Å². The Hall–Kier alpha value is -2.89. The van der Waals surface area contributed by atoms with Crippen LogP contribution in [0.2, 0.25) is 0 Å². The number of imidazole rings is 1. The SMILES string of the molecule is O=C(NCc1nccn1CCc1ccccc1)c1cc(C2CC2)on1. The third-order valence-electron chi connectivity index (χ3n) is 4.43. The molecule has 1 fully saturated rings. The minimum atomic E-state index is -0.228. The molecule has 0 spiro atoms. The molecule has 1 aliphatic rings. The molecular weight excluding hydrogens is 316 g/mol. The van der Waals surface area contributed by atoms with Gasteiger partial charge >= 0.3 is 0 Å². The average molecular weight is 336 g/mol. The molecule has 6 nitrogen and oxygen atoms in total. The summed E-state index contributed by atoms with van der Waals surface area (Å²) in [6, 6.07) is 12.1. The zero-order valence-corrected chi connectivity index (χ0v) is 13.9. The van der Waals surface area contributed by atoms with Crippen LogP contribution >= 0.6 is 0 Å². The van der Waals surface area contributed by atoms with Gasteiger partial charge in [0.1, 0.15) is 11.6 Å². The highest BCUT2D eigenvalue weighted by atomic mass is 16.5. The number of nitrogens with zero attached hydrogens (tertiary/aromatic N) is 3. The molecule has 0 unspecified atom stereocenters. The van der Waals surface area contributed by atoms with Gasteiger partial charge in [0.15, 0.2) is 5.69 Å². The van der Waals surface area contributed by atoms with Crippen LogP contribution in [0.1, 0.15) is 46.4 Å². The Bertz CT molecular complexity index is 849. The molecule has 6 heteroatoms. The maximum atomic E-state index is 12.2. The fourth-order valence-corrected chi connectivity index (χ4v) is 2.81. The number of aromatic nitrogens is 3. The van der Waals surface area contributed by atoms with E-state index in [1.807, 2.05) is 24.4 Å². The van der Waals surface area contributed by atoms with Crippen LogP contribution in [-0.2, 0) is 19.5 Å². The van der Waals surface area contributed by atoms with Gasteiger partial charge in [0.25, 0.3) is 5.91 Å². The number of carbonyl (C=O) groups is 1. The van der Waals surface area contributed by atoms with Gasteiger partial charge in [-0.05, 0) is 24.8 Å². The Labute approximate surface area is 145 Å². The van der Waals surface area contributed by atoms with E-state index < -0.39 is 0 Å². The number of carbonyl (C=O) groups excluding carboxylic acids is 1. The molecule has 1 saturated carbocycles. The van der Waals surface area contributed by atoms with Crippen LogP contribution in [0.15, 0.2) is 53.3 Å². The van der Waals surface area contributed by atoms with Crippen LogP contribution in [0.5, 0.6) is 0 Å². The molecule has 0 atom stereocenters. The van der Waals surface area contributed by atoms with Crippen molar-refractivity contribution < 1.29 is 9.32 Å². The van der Waals surface area contributed by atoms with Crippen molar-refractivity contribution in [2.75, 3.05) is 0 Å². The van der Waals surface area contributed by atoms with E-state index in [-0.39, 0.29) is 5.91 Å². The summed E-state index contributed by atoms with van der Waals surface area (Å²) < 4.78 is 7.29. The molecule has 1 N–H and O–H groups in total. The lowest BCUT2D eigenvalue weighted by Crippen LogP contribution is -2.25.